The molecule has 0 unspecified atom stereocenters. The number of benzene rings is 1. The van der Waals surface area contributed by atoms with Crippen LogP contribution in [0.4, 0.5) is 0 Å². The largest absolute Gasteiger partial charge is 0.390 e. The van der Waals surface area contributed by atoms with E-state index >= 15 is 0 Å². The Bertz CT molecular complexity index is 1110. The third-order valence-corrected chi connectivity index (χ3v) is 6.57. The lowest BCUT2D eigenvalue weighted by atomic mass is 9.62. The number of hydrogen-bond donors (Lipinski definition) is 2. The Hall–Kier alpha value is -2.61. The second kappa shape index (κ2) is 8.31. The van der Waals surface area contributed by atoms with E-state index in [0.717, 1.165) is 18.7 Å². The smallest absolute Gasteiger partial charge is 0.259 e. The van der Waals surface area contributed by atoms with Crippen LogP contribution in [0.15, 0.2) is 47.2 Å². The van der Waals surface area contributed by atoms with Gasteiger partial charge in [0.1, 0.15) is 5.60 Å². The van der Waals surface area contributed by atoms with Crippen LogP contribution in [0, 0.1) is 5.41 Å². The molecule has 7 heteroatoms. The van der Waals surface area contributed by atoms with Crippen LogP contribution < -0.4 is 0 Å². The average molecular weight is 451 g/mol. The predicted octanol–water partition coefficient (Wildman–Crippen LogP) is 3.76. The van der Waals surface area contributed by atoms with Crippen LogP contribution in [0.25, 0.3) is 11.5 Å². The van der Waals surface area contributed by atoms with Crippen molar-refractivity contribution in [2.75, 3.05) is 20.1 Å². The molecular weight excluding hydrogens is 416 g/mol. The number of pyridine rings is 1. The second-order valence-electron chi connectivity index (χ2n) is 10.7. The highest BCUT2D eigenvalue weighted by Gasteiger charge is 2.55. The SMILES string of the molecule is CC(C)c1ccc([C@](O)(c2cncc(-c3nc(CC(C)(C)O)no3)c2)C2(C)CN(C)C2)cc1. The van der Waals surface area contributed by atoms with Crippen LogP contribution in [-0.4, -0.2) is 56.0 Å². The van der Waals surface area contributed by atoms with E-state index in [2.05, 4.69) is 60.0 Å². The van der Waals surface area contributed by atoms with Gasteiger partial charge in [-0.1, -0.05) is 50.2 Å². The summed E-state index contributed by atoms with van der Waals surface area (Å²) in [6, 6.07) is 10.1. The zero-order valence-electron chi connectivity index (χ0n) is 20.3. The quantitative estimate of drug-likeness (QED) is 0.566. The summed E-state index contributed by atoms with van der Waals surface area (Å²) in [5.41, 5.74) is 0.833. The van der Waals surface area contributed by atoms with Gasteiger partial charge in [-0.05, 0) is 44.0 Å². The number of rotatable bonds is 7. The van der Waals surface area contributed by atoms with Gasteiger partial charge in [0.05, 0.1) is 11.2 Å². The van der Waals surface area contributed by atoms with E-state index < -0.39 is 11.2 Å². The van der Waals surface area contributed by atoms with Gasteiger partial charge in [0.25, 0.3) is 5.89 Å². The van der Waals surface area contributed by atoms with E-state index in [1.54, 1.807) is 26.2 Å². The molecule has 1 aliphatic heterocycles. The molecule has 1 atom stereocenters. The summed E-state index contributed by atoms with van der Waals surface area (Å²) < 4.78 is 5.45. The molecule has 0 saturated carbocycles. The molecular formula is C26H34N4O3. The molecule has 1 saturated heterocycles. The lowest BCUT2D eigenvalue weighted by Crippen LogP contribution is -2.63. The third kappa shape index (κ3) is 4.45. The molecule has 0 spiro atoms. The summed E-state index contributed by atoms with van der Waals surface area (Å²) in [6.07, 6.45) is 3.65. The topological polar surface area (TPSA) is 95.5 Å². The van der Waals surface area contributed by atoms with E-state index in [4.69, 9.17) is 4.52 Å². The Morgan fingerprint density at radius 1 is 1.09 bits per heavy atom. The Kier molecular flexibility index (Phi) is 5.93. The summed E-state index contributed by atoms with van der Waals surface area (Å²) in [5, 5.41) is 26.4. The first-order valence-electron chi connectivity index (χ1n) is 11.4. The van der Waals surface area contributed by atoms with Crippen molar-refractivity contribution in [2.24, 2.45) is 5.41 Å². The standard InChI is InChI=1S/C26H34N4O3/c1-17(2)18-7-9-20(10-8-18)26(32,25(5)15-30(6)16-25)21-11-19(13-27-14-21)23-28-22(29-33-23)12-24(3,4)31/h7-11,13-14,17,31-32H,12,15-16H2,1-6H3/t26-/m0/s1. The van der Waals surface area contributed by atoms with Crippen molar-refractivity contribution in [3.8, 4) is 11.5 Å². The first kappa shape index (κ1) is 23.5. The Balaban J connectivity index is 1.76. The number of nitrogens with zero attached hydrogens (tertiary/aromatic N) is 4. The zero-order valence-corrected chi connectivity index (χ0v) is 20.3. The van der Waals surface area contributed by atoms with Crippen LogP contribution in [0.3, 0.4) is 0 Å². The molecule has 0 aliphatic carbocycles. The molecule has 1 aliphatic rings. The number of aromatic nitrogens is 3. The molecule has 3 heterocycles. The fourth-order valence-corrected chi connectivity index (χ4v) is 4.93. The van der Waals surface area contributed by atoms with Crippen LogP contribution in [-0.2, 0) is 12.0 Å². The maximum atomic E-state index is 12.3. The van der Waals surface area contributed by atoms with Gasteiger partial charge >= 0.3 is 0 Å². The lowest BCUT2D eigenvalue weighted by molar-refractivity contribution is -0.127. The van der Waals surface area contributed by atoms with Gasteiger partial charge in [0.15, 0.2) is 5.82 Å². The van der Waals surface area contributed by atoms with E-state index in [0.29, 0.717) is 28.8 Å². The van der Waals surface area contributed by atoms with Crippen molar-refractivity contribution in [1.82, 2.24) is 20.0 Å². The van der Waals surface area contributed by atoms with Crippen LogP contribution in [0.2, 0.25) is 0 Å². The molecule has 2 aromatic heterocycles. The lowest BCUT2D eigenvalue weighted by Gasteiger charge is -2.55. The van der Waals surface area contributed by atoms with E-state index in [-0.39, 0.29) is 11.8 Å². The van der Waals surface area contributed by atoms with Crippen molar-refractivity contribution >= 4 is 0 Å². The molecule has 1 aromatic carbocycles. The zero-order chi connectivity index (χ0) is 24.0. The Labute approximate surface area is 195 Å². The summed E-state index contributed by atoms with van der Waals surface area (Å²) >= 11 is 0. The molecule has 1 fully saturated rings. The van der Waals surface area contributed by atoms with Crippen molar-refractivity contribution in [3.05, 3.63) is 65.2 Å². The first-order valence-corrected chi connectivity index (χ1v) is 11.4. The fraction of sp³-hybridized carbons (Fsp3) is 0.500. The maximum absolute atomic E-state index is 12.3. The Morgan fingerprint density at radius 3 is 2.33 bits per heavy atom. The summed E-state index contributed by atoms with van der Waals surface area (Å²) in [5.74, 6) is 1.16. The molecule has 4 rings (SSSR count). The van der Waals surface area contributed by atoms with Gasteiger partial charge in [-0.25, -0.2) is 0 Å². The highest BCUT2D eigenvalue weighted by Crippen LogP contribution is 2.50. The fourth-order valence-electron chi connectivity index (χ4n) is 4.93. The van der Waals surface area contributed by atoms with Crippen molar-refractivity contribution in [1.29, 1.82) is 0 Å². The minimum Gasteiger partial charge on any atom is -0.390 e. The van der Waals surface area contributed by atoms with Crippen LogP contribution in [0.1, 0.15) is 63.1 Å². The molecule has 176 valence electrons. The Morgan fingerprint density at radius 2 is 1.76 bits per heavy atom. The molecule has 7 nitrogen and oxygen atoms in total. The van der Waals surface area contributed by atoms with Crippen molar-refractivity contribution in [2.45, 2.75) is 58.2 Å². The highest BCUT2D eigenvalue weighted by atomic mass is 16.5. The van der Waals surface area contributed by atoms with Crippen LogP contribution >= 0.6 is 0 Å². The summed E-state index contributed by atoms with van der Waals surface area (Å²) in [7, 11) is 2.06. The van der Waals surface area contributed by atoms with Gasteiger partial charge in [0.2, 0.25) is 0 Å². The van der Waals surface area contributed by atoms with E-state index in [9.17, 15) is 10.2 Å². The molecule has 0 bridgehead atoms. The predicted molar refractivity (Wildman–Crippen MR) is 127 cm³/mol. The van der Waals surface area contributed by atoms with E-state index in [1.165, 1.54) is 5.56 Å². The maximum Gasteiger partial charge on any atom is 0.259 e. The monoisotopic (exact) mass is 450 g/mol. The van der Waals surface area contributed by atoms with E-state index in [1.807, 2.05) is 18.2 Å². The van der Waals surface area contributed by atoms with Crippen LogP contribution in [0.5, 0.6) is 0 Å². The highest BCUT2D eigenvalue weighted by molar-refractivity contribution is 5.55. The summed E-state index contributed by atoms with van der Waals surface area (Å²) in [6.45, 7) is 11.4. The summed E-state index contributed by atoms with van der Waals surface area (Å²) in [4.78, 5) is 11.1. The van der Waals surface area contributed by atoms with Gasteiger partial charge in [-0.2, -0.15) is 4.98 Å². The molecule has 33 heavy (non-hydrogen) atoms. The minimum absolute atomic E-state index is 0.278. The third-order valence-electron chi connectivity index (χ3n) is 6.57. The van der Waals surface area contributed by atoms with Gasteiger partial charge in [0, 0.05) is 42.9 Å². The molecule has 0 amide bonds. The number of likely N-dealkylation sites (tertiary alicyclic amines) is 1. The van der Waals surface area contributed by atoms with Gasteiger partial charge < -0.3 is 19.6 Å². The van der Waals surface area contributed by atoms with Gasteiger partial charge in [-0.3, -0.25) is 4.98 Å². The van der Waals surface area contributed by atoms with Gasteiger partial charge in [-0.15, -0.1) is 0 Å². The van der Waals surface area contributed by atoms with Crippen molar-refractivity contribution in [3.63, 3.8) is 0 Å². The normalized spacial score (nSPS) is 18.2. The second-order valence-corrected chi connectivity index (χ2v) is 10.7. The molecule has 2 N–H and O–H groups in total. The average Bonchev–Trinajstić information content (AvgIpc) is 3.19. The molecule has 0 radical (unpaired) electrons. The van der Waals surface area contributed by atoms with Crippen molar-refractivity contribution < 1.29 is 14.7 Å². The minimum atomic E-state index is -1.24. The number of hydrogen-bond acceptors (Lipinski definition) is 7. The molecule has 3 aromatic rings. The first-order chi connectivity index (χ1) is 15.4. The number of aliphatic hydroxyl groups is 2.